The molecule has 5 aliphatic heterocycles. The van der Waals surface area contributed by atoms with Crippen LogP contribution in [0.15, 0.2) is 131 Å². The Labute approximate surface area is 387 Å². The molecule has 5 unspecified atom stereocenters. The molecule has 2 fully saturated rings. The van der Waals surface area contributed by atoms with Crippen molar-refractivity contribution in [1.82, 2.24) is 5.32 Å². The van der Waals surface area contributed by atoms with E-state index >= 15 is 0 Å². The summed E-state index contributed by atoms with van der Waals surface area (Å²) in [5, 5.41) is 14.1. The molecule has 6 rings (SSSR count). The molecule has 0 radical (unpaired) electrons. The number of Topliss-reactive ketones (excluding diaryl/α,β-unsaturated/α-hetero) is 1. The molecule has 0 amide bonds. The van der Waals surface area contributed by atoms with Crippen LogP contribution in [-0.2, 0) is 23.9 Å². The largest absolute Gasteiger partial charge is 0.515 e. The number of esters is 2. The van der Waals surface area contributed by atoms with Crippen molar-refractivity contribution in [3.8, 4) is 0 Å². The molecule has 10 heteroatoms. The summed E-state index contributed by atoms with van der Waals surface area (Å²) in [5.41, 5.74) is 10.9. The van der Waals surface area contributed by atoms with Crippen molar-refractivity contribution in [1.29, 1.82) is 0 Å². The molecule has 2 N–H and O–H groups in total. The molecule has 0 aromatic carbocycles. The first kappa shape index (κ1) is 49.1. The summed E-state index contributed by atoms with van der Waals surface area (Å²) in [6, 6.07) is 0. The van der Waals surface area contributed by atoms with E-state index in [0.717, 1.165) is 53.4 Å². The zero-order valence-electron chi connectivity index (χ0n) is 40.7. The smallest absolute Gasteiger partial charge is 0.321 e. The van der Waals surface area contributed by atoms with Crippen molar-refractivity contribution in [3.05, 3.63) is 116 Å². The van der Waals surface area contributed by atoms with Gasteiger partial charge in [0.2, 0.25) is 0 Å². The van der Waals surface area contributed by atoms with Gasteiger partial charge in [0.05, 0.1) is 47.6 Å². The second-order valence-corrected chi connectivity index (χ2v) is 19.4. The van der Waals surface area contributed by atoms with Crippen LogP contribution in [0.25, 0.3) is 0 Å². The molecule has 5 atom stereocenters. The van der Waals surface area contributed by atoms with Crippen molar-refractivity contribution in [3.63, 3.8) is 0 Å². The third-order valence-corrected chi connectivity index (χ3v) is 14.2. The van der Waals surface area contributed by atoms with Crippen LogP contribution in [0.4, 0.5) is 0 Å². The summed E-state index contributed by atoms with van der Waals surface area (Å²) in [6.45, 7) is 23.7. The number of ether oxygens (including phenoxy) is 2. The van der Waals surface area contributed by atoms with E-state index in [4.69, 9.17) is 24.5 Å². The number of nitrogens with one attached hydrogen (secondary N) is 1. The molecular weight excluding hydrogens is 813 g/mol. The van der Waals surface area contributed by atoms with E-state index in [1.807, 2.05) is 45.1 Å². The Morgan fingerprint density at radius 1 is 0.908 bits per heavy atom. The van der Waals surface area contributed by atoms with Gasteiger partial charge in [-0.2, -0.15) is 0 Å². The number of ketones is 1. The van der Waals surface area contributed by atoms with Crippen LogP contribution in [-0.4, -0.2) is 53.7 Å². The van der Waals surface area contributed by atoms with Crippen LogP contribution in [0.5, 0.6) is 0 Å². The highest BCUT2D eigenvalue weighted by atomic mass is 16.5. The van der Waals surface area contributed by atoms with Crippen LogP contribution in [0, 0.1) is 35.5 Å². The number of hydrogen-bond acceptors (Lipinski definition) is 10. The van der Waals surface area contributed by atoms with Crippen molar-refractivity contribution in [2.24, 2.45) is 50.5 Å². The lowest BCUT2D eigenvalue weighted by atomic mass is 9.85. The van der Waals surface area contributed by atoms with Gasteiger partial charge in [0, 0.05) is 51.9 Å². The number of fused-ring (bicyclic) bond motifs is 5. The van der Waals surface area contributed by atoms with Crippen LogP contribution in [0.3, 0.4) is 0 Å². The van der Waals surface area contributed by atoms with Crippen LogP contribution in [0.1, 0.15) is 139 Å². The topological polar surface area (TPSA) is 139 Å². The summed E-state index contributed by atoms with van der Waals surface area (Å²) in [6.07, 6.45) is 22.9. The summed E-state index contributed by atoms with van der Waals surface area (Å²) < 4.78 is 11.0. The number of rotatable bonds is 20. The average molecular weight is 885 g/mol. The molecule has 65 heavy (non-hydrogen) atoms. The number of aliphatic hydroxyl groups excluding tert-OH is 1. The van der Waals surface area contributed by atoms with E-state index in [1.54, 1.807) is 6.08 Å². The van der Waals surface area contributed by atoms with Gasteiger partial charge in [0.25, 0.3) is 0 Å². The fourth-order valence-corrected chi connectivity index (χ4v) is 10.1. The maximum absolute atomic E-state index is 14.4. The molecule has 1 aliphatic carbocycles. The molecule has 6 aliphatic rings. The minimum absolute atomic E-state index is 0.139. The predicted molar refractivity (Wildman–Crippen MR) is 262 cm³/mol. The van der Waals surface area contributed by atoms with Crippen LogP contribution >= 0.6 is 0 Å². The molecule has 348 valence electrons. The quantitative estimate of drug-likeness (QED) is 0.0537. The zero-order chi connectivity index (χ0) is 47.1. The van der Waals surface area contributed by atoms with E-state index in [0.29, 0.717) is 81.0 Å². The number of carbonyl (C=O) groups is 3. The van der Waals surface area contributed by atoms with Crippen LogP contribution < -0.4 is 5.32 Å². The van der Waals surface area contributed by atoms with Gasteiger partial charge < -0.3 is 19.9 Å². The summed E-state index contributed by atoms with van der Waals surface area (Å²) >= 11 is 0. The van der Waals surface area contributed by atoms with E-state index in [9.17, 15) is 19.5 Å². The highest BCUT2D eigenvalue weighted by Crippen LogP contribution is 2.47. The maximum Gasteiger partial charge on any atom is 0.321 e. The number of aliphatic imine (C=N–C) groups is 3. The summed E-state index contributed by atoms with van der Waals surface area (Å²) in [5.74, 6) is -0.732. The first-order valence-electron chi connectivity index (χ1n) is 24.1. The van der Waals surface area contributed by atoms with Gasteiger partial charge in [-0.3, -0.25) is 14.4 Å². The Kier molecular flexibility index (Phi) is 16.4. The first-order chi connectivity index (χ1) is 31.1. The van der Waals surface area contributed by atoms with Gasteiger partial charge in [-0.1, -0.05) is 105 Å². The van der Waals surface area contributed by atoms with Crippen molar-refractivity contribution >= 4 is 34.9 Å². The molecule has 0 spiro atoms. The standard InChI is InChI=1S/C55H72N4O6/c1-12-38-35(8)42-27-43-36(9)40(23-24-48(61)65-26-25-34(7)22-16-21-33(6)20-15-19-32(5)18-14-17-31(3)4)52(58-43)50-51(55(63)64-11)54(62)49-37(10)44(59-53(49)50)28-46-39(13-2)41(30-60)47(57-46)29-45(38)56-42/h12,25,27-33,36,40,51,58,60H,1,13-24,26H2,2-11H3/b34-25-,41-30+,43-27?,44-28?,45-29?,52-50?. The van der Waals surface area contributed by atoms with Crippen molar-refractivity contribution < 1.29 is 29.0 Å². The molecular formula is C55H72N4O6. The van der Waals surface area contributed by atoms with Gasteiger partial charge in [-0.15, -0.1) is 0 Å². The van der Waals surface area contributed by atoms with Gasteiger partial charge in [0.15, 0.2) is 5.78 Å². The number of allylic oxidation sites excluding steroid dienone is 12. The molecule has 8 bridgehead atoms. The van der Waals surface area contributed by atoms with Crippen molar-refractivity contribution in [2.45, 2.75) is 139 Å². The third-order valence-electron chi connectivity index (χ3n) is 14.2. The van der Waals surface area contributed by atoms with Crippen LogP contribution in [0.2, 0.25) is 0 Å². The highest BCUT2D eigenvalue weighted by Gasteiger charge is 2.52. The summed E-state index contributed by atoms with van der Waals surface area (Å²) in [4.78, 5) is 56.5. The molecule has 5 heterocycles. The Bertz CT molecular complexity index is 2350. The lowest BCUT2D eigenvalue weighted by Crippen LogP contribution is -2.26. The Balaban J connectivity index is 1.21. The highest BCUT2D eigenvalue weighted by molar-refractivity contribution is 6.42. The second-order valence-electron chi connectivity index (χ2n) is 19.4. The Morgan fingerprint density at radius 3 is 2.25 bits per heavy atom. The van der Waals surface area contributed by atoms with E-state index in [-0.39, 0.29) is 36.6 Å². The molecule has 1 saturated heterocycles. The van der Waals surface area contributed by atoms with Gasteiger partial charge in [-0.05, 0) is 105 Å². The molecule has 1 saturated carbocycles. The van der Waals surface area contributed by atoms with Gasteiger partial charge in [-0.25, -0.2) is 15.0 Å². The van der Waals surface area contributed by atoms with E-state index in [2.05, 4.69) is 53.4 Å². The normalized spacial score (nSPS) is 23.2. The molecule has 0 aromatic rings. The number of hydrogen-bond donors (Lipinski definition) is 2. The number of nitrogens with zero attached hydrogens (tertiary/aromatic N) is 3. The SMILES string of the molecule is C=CC1=C(C)C2=NC1=CC1=NC(=C(CC)/C1=C\O)C=C1N=C3C(=C1C)C(=O)C(C(=O)OC)C3=C1NC(=C2)C(C)C1CCC(=O)OC/C=C(/C)CCCC(C)CCCC(C)CCCC(C)C. The van der Waals surface area contributed by atoms with Gasteiger partial charge >= 0.3 is 11.9 Å². The average Bonchev–Trinajstić information content (AvgIpc) is 4.02. The Hall–Kier alpha value is -5.38. The fraction of sp³-hybridized carbons (Fsp3) is 0.527. The fourth-order valence-electron chi connectivity index (χ4n) is 10.1. The summed E-state index contributed by atoms with van der Waals surface area (Å²) in [7, 11) is 1.29. The molecule has 0 aromatic heterocycles. The number of aliphatic hydroxyl groups is 1. The van der Waals surface area contributed by atoms with E-state index in [1.165, 1.54) is 57.6 Å². The second kappa shape index (κ2) is 21.7. The number of methoxy groups -OCH3 is 1. The predicted octanol–water partition coefficient (Wildman–Crippen LogP) is 12.1. The molecule has 10 nitrogen and oxygen atoms in total. The number of carbonyl (C=O) groups excluding carboxylic acids is 3. The van der Waals surface area contributed by atoms with Crippen molar-refractivity contribution in [2.75, 3.05) is 13.7 Å². The first-order valence-corrected chi connectivity index (χ1v) is 24.1. The lowest BCUT2D eigenvalue weighted by Gasteiger charge is -2.19. The Morgan fingerprint density at radius 2 is 1.60 bits per heavy atom. The van der Waals surface area contributed by atoms with E-state index < -0.39 is 11.9 Å². The third kappa shape index (κ3) is 10.8. The zero-order valence-corrected chi connectivity index (χ0v) is 40.7. The lowest BCUT2D eigenvalue weighted by molar-refractivity contribution is -0.146. The maximum atomic E-state index is 14.4. The minimum atomic E-state index is -1.23. The van der Waals surface area contributed by atoms with Gasteiger partial charge in [0.1, 0.15) is 12.5 Å². The minimum Gasteiger partial charge on any atom is -0.515 e. The monoisotopic (exact) mass is 885 g/mol.